The second-order valence-corrected chi connectivity index (χ2v) is 7.33. The van der Waals surface area contributed by atoms with E-state index in [1.165, 1.54) is 0 Å². The highest BCUT2D eigenvalue weighted by Crippen LogP contribution is 2.23. The van der Waals surface area contributed by atoms with Gasteiger partial charge in [-0.2, -0.15) is 0 Å². The Kier molecular flexibility index (Phi) is 7.69. The molecule has 4 nitrogen and oxygen atoms in total. The molecule has 0 aliphatic rings. The van der Waals surface area contributed by atoms with Crippen molar-refractivity contribution < 1.29 is 9.59 Å². The summed E-state index contributed by atoms with van der Waals surface area (Å²) in [5.74, 6) is -0.330. The van der Waals surface area contributed by atoms with Gasteiger partial charge in [0.15, 0.2) is 0 Å². The van der Waals surface area contributed by atoms with Gasteiger partial charge in [-0.3, -0.25) is 9.59 Å². The van der Waals surface area contributed by atoms with Gasteiger partial charge in [-0.15, -0.1) is 0 Å². The Morgan fingerprint density at radius 2 is 1.78 bits per heavy atom. The molecule has 6 heteroatoms. The fraction of sp³-hybridized carbons (Fsp3) is 0.333. The summed E-state index contributed by atoms with van der Waals surface area (Å²) < 4.78 is 0. The van der Waals surface area contributed by atoms with Crippen LogP contribution in [0.4, 0.5) is 0 Å². The molecule has 0 aliphatic heterocycles. The van der Waals surface area contributed by atoms with Gasteiger partial charge < -0.3 is 10.2 Å². The lowest BCUT2D eigenvalue weighted by molar-refractivity contribution is -0.140. The summed E-state index contributed by atoms with van der Waals surface area (Å²) in [6, 6.07) is 12.3. The molecule has 0 saturated carbocycles. The summed E-state index contributed by atoms with van der Waals surface area (Å²) >= 11 is 12.2. The fourth-order valence-electron chi connectivity index (χ4n) is 2.72. The molecule has 0 saturated heterocycles. The predicted octanol–water partition coefficient (Wildman–Crippen LogP) is 4.40. The molecule has 2 rings (SSSR count). The molecule has 0 aromatic heterocycles. The van der Waals surface area contributed by atoms with Crippen molar-refractivity contribution in [3.05, 3.63) is 69.2 Å². The summed E-state index contributed by atoms with van der Waals surface area (Å²) in [6.45, 7) is 6.31. The van der Waals surface area contributed by atoms with E-state index >= 15 is 0 Å². The van der Waals surface area contributed by atoms with E-state index in [4.69, 9.17) is 23.2 Å². The molecular formula is C21H24Cl2N2O2. The van der Waals surface area contributed by atoms with E-state index in [1.54, 1.807) is 30.0 Å². The highest BCUT2D eigenvalue weighted by molar-refractivity contribution is 6.35. The lowest BCUT2D eigenvalue weighted by Gasteiger charge is -2.29. The summed E-state index contributed by atoms with van der Waals surface area (Å²) in [5.41, 5.74) is 2.78. The average Bonchev–Trinajstić information content (AvgIpc) is 2.62. The van der Waals surface area contributed by atoms with Gasteiger partial charge in [0.25, 0.3) is 0 Å². The molecule has 0 unspecified atom stereocenters. The number of nitrogens with zero attached hydrogens (tertiary/aromatic N) is 1. The van der Waals surface area contributed by atoms with E-state index in [-0.39, 0.29) is 24.8 Å². The van der Waals surface area contributed by atoms with Crippen LogP contribution in [0.1, 0.15) is 30.5 Å². The molecule has 2 aromatic rings. The van der Waals surface area contributed by atoms with Gasteiger partial charge in [-0.25, -0.2) is 0 Å². The normalized spacial score (nSPS) is 11.7. The second kappa shape index (κ2) is 9.77. The van der Waals surface area contributed by atoms with Crippen LogP contribution in [-0.2, 0) is 22.6 Å². The maximum Gasteiger partial charge on any atom is 0.242 e. The molecule has 1 N–H and O–H groups in total. The molecule has 0 heterocycles. The highest BCUT2D eigenvalue weighted by Gasteiger charge is 2.26. The SMILES string of the molecule is CCNC(=O)[C@@H](C)N(Cc1ccc(Cl)cc1Cl)C(=O)Cc1ccc(C)cc1. The predicted molar refractivity (Wildman–Crippen MR) is 110 cm³/mol. The van der Waals surface area contributed by atoms with Crippen molar-refractivity contribution in [2.75, 3.05) is 6.54 Å². The van der Waals surface area contributed by atoms with Crippen molar-refractivity contribution in [1.82, 2.24) is 10.2 Å². The number of amides is 2. The van der Waals surface area contributed by atoms with E-state index in [0.717, 1.165) is 16.7 Å². The van der Waals surface area contributed by atoms with Crippen LogP contribution in [0.15, 0.2) is 42.5 Å². The number of hydrogen-bond donors (Lipinski definition) is 1. The van der Waals surface area contributed by atoms with Crippen LogP contribution < -0.4 is 5.32 Å². The van der Waals surface area contributed by atoms with Gasteiger partial charge in [-0.1, -0.05) is 59.1 Å². The van der Waals surface area contributed by atoms with Crippen LogP contribution in [-0.4, -0.2) is 29.3 Å². The lowest BCUT2D eigenvalue weighted by atomic mass is 10.1. The molecule has 1 atom stereocenters. The van der Waals surface area contributed by atoms with E-state index in [9.17, 15) is 9.59 Å². The lowest BCUT2D eigenvalue weighted by Crippen LogP contribution is -2.48. The third kappa shape index (κ3) is 5.98. The number of nitrogens with one attached hydrogen (secondary N) is 1. The Bertz CT molecular complexity index is 806. The first-order valence-corrected chi connectivity index (χ1v) is 9.64. The van der Waals surface area contributed by atoms with Crippen LogP contribution in [0.5, 0.6) is 0 Å². The van der Waals surface area contributed by atoms with Crippen LogP contribution in [0, 0.1) is 6.92 Å². The zero-order chi connectivity index (χ0) is 20.0. The quantitative estimate of drug-likeness (QED) is 0.740. The van der Waals surface area contributed by atoms with E-state index in [0.29, 0.717) is 16.6 Å². The molecule has 0 spiro atoms. The molecule has 0 bridgehead atoms. The maximum atomic E-state index is 13.0. The smallest absolute Gasteiger partial charge is 0.242 e. The Balaban J connectivity index is 2.26. The maximum absolute atomic E-state index is 13.0. The van der Waals surface area contributed by atoms with Crippen LogP contribution in [0.3, 0.4) is 0 Å². The fourth-order valence-corrected chi connectivity index (χ4v) is 3.19. The van der Waals surface area contributed by atoms with E-state index < -0.39 is 6.04 Å². The Morgan fingerprint density at radius 3 is 2.37 bits per heavy atom. The van der Waals surface area contributed by atoms with Gasteiger partial charge in [0, 0.05) is 23.1 Å². The summed E-state index contributed by atoms with van der Waals surface area (Å²) in [5, 5.41) is 3.77. The van der Waals surface area contributed by atoms with Gasteiger partial charge in [0.2, 0.25) is 11.8 Å². The molecule has 0 radical (unpaired) electrons. The number of halogens is 2. The number of benzene rings is 2. The molecule has 2 amide bonds. The Labute approximate surface area is 170 Å². The van der Waals surface area contributed by atoms with Crippen LogP contribution >= 0.6 is 23.2 Å². The minimum Gasteiger partial charge on any atom is -0.355 e. The monoisotopic (exact) mass is 406 g/mol. The summed E-state index contributed by atoms with van der Waals surface area (Å²) in [6.07, 6.45) is 0.217. The number of carbonyl (C=O) groups is 2. The molecule has 0 aliphatic carbocycles. The third-order valence-electron chi connectivity index (χ3n) is 4.35. The largest absolute Gasteiger partial charge is 0.355 e. The second-order valence-electron chi connectivity index (χ2n) is 6.49. The number of likely N-dealkylation sites (N-methyl/N-ethyl adjacent to an activating group) is 1. The van der Waals surface area contributed by atoms with Gasteiger partial charge in [0.1, 0.15) is 6.04 Å². The molecule has 144 valence electrons. The van der Waals surface area contributed by atoms with E-state index in [2.05, 4.69) is 5.32 Å². The summed E-state index contributed by atoms with van der Waals surface area (Å²) in [7, 11) is 0. The molecule has 0 fully saturated rings. The number of hydrogen-bond acceptors (Lipinski definition) is 2. The first kappa shape index (κ1) is 21.3. The molecule has 2 aromatic carbocycles. The Morgan fingerprint density at radius 1 is 1.11 bits per heavy atom. The minimum absolute atomic E-state index is 0.136. The van der Waals surface area contributed by atoms with E-state index in [1.807, 2.05) is 38.1 Å². The van der Waals surface area contributed by atoms with Crippen molar-refractivity contribution >= 4 is 35.0 Å². The van der Waals surface area contributed by atoms with Gasteiger partial charge >= 0.3 is 0 Å². The van der Waals surface area contributed by atoms with Gasteiger partial charge in [0.05, 0.1) is 6.42 Å². The standard InChI is InChI=1S/C21H24Cl2N2O2/c1-4-24-21(27)15(3)25(13-17-9-10-18(22)12-19(17)23)20(26)11-16-7-5-14(2)6-8-16/h5-10,12,15H,4,11,13H2,1-3H3,(H,24,27)/t15-/m1/s1. The van der Waals surface area contributed by atoms with Crippen LogP contribution in [0.25, 0.3) is 0 Å². The number of carbonyl (C=O) groups excluding carboxylic acids is 2. The topological polar surface area (TPSA) is 49.4 Å². The van der Waals surface area contributed by atoms with Crippen molar-refractivity contribution in [2.45, 2.75) is 39.8 Å². The highest BCUT2D eigenvalue weighted by atomic mass is 35.5. The van der Waals surface area contributed by atoms with Crippen molar-refractivity contribution in [3.8, 4) is 0 Å². The van der Waals surface area contributed by atoms with Gasteiger partial charge in [-0.05, 0) is 44.0 Å². The summed E-state index contributed by atoms with van der Waals surface area (Å²) in [4.78, 5) is 26.9. The molecular weight excluding hydrogens is 383 g/mol. The van der Waals surface area contributed by atoms with Crippen molar-refractivity contribution in [2.24, 2.45) is 0 Å². The zero-order valence-electron chi connectivity index (χ0n) is 15.8. The Hall–Kier alpha value is -2.04. The number of aryl methyl sites for hydroxylation is 1. The minimum atomic E-state index is -0.616. The average molecular weight is 407 g/mol. The van der Waals surface area contributed by atoms with Crippen LogP contribution in [0.2, 0.25) is 10.0 Å². The molecule has 27 heavy (non-hydrogen) atoms. The first-order chi connectivity index (χ1) is 12.8. The third-order valence-corrected chi connectivity index (χ3v) is 4.94. The van der Waals surface area contributed by atoms with Crippen molar-refractivity contribution in [3.63, 3.8) is 0 Å². The number of rotatable bonds is 7. The first-order valence-electron chi connectivity index (χ1n) is 8.88. The van der Waals surface area contributed by atoms with Crippen molar-refractivity contribution in [1.29, 1.82) is 0 Å². The zero-order valence-corrected chi connectivity index (χ0v) is 17.3.